The minimum absolute atomic E-state index is 0.294. The Morgan fingerprint density at radius 1 is 0.800 bits per heavy atom. The Hall–Kier alpha value is -0.240. The fraction of sp³-hybridized carbons (Fsp3) is 1.00. The van der Waals surface area contributed by atoms with Crippen molar-refractivity contribution in [2.24, 2.45) is 17.2 Å². The molecule has 0 aliphatic heterocycles. The summed E-state index contributed by atoms with van der Waals surface area (Å²) in [6.07, 6.45) is 0.896. The molecule has 0 radical (unpaired) electrons. The standard InChI is InChI=1S/C9H26N6/c1-2-9(13-6-3-10,14-7-4-11)15-8-5-12/h13-15H,2-8,10-12H2,1H3. The van der Waals surface area contributed by atoms with Crippen LogP contribution >= 0.6 is 0 Å². The molecule has 0 aliphatic carbocycles. The molecular weight excluding hydrogens is 192 g/mol. The van der Waals surface area contributed by atoms with Crippen LogP contribution in [0, 0.1) is 0 Å². The molecule has 0 aromatic rings. The largest absolute Gasteiger partial charge is 0.329 e. The van der Waals surface area contributed by atoms with Crippen LogP contribution in [0.15, 0.2) is 0 Å². The lowest BCUT2D eigenvalue weighted by molar-refractivity contribution is 0.196. The van der Waals surface area contributed by atoms with Crippen molar-refractivity contribution in [2.75, 3.05) is 39.3 Å². The third kappa shape index (κ3) is 6.03. The van der Waals surface area contributed by atoms with E-state index in [1.54, 1.807) is 0 Å². The van der Waals surface area contributed by atoms with Gasteiger partial charge in [-0.05, 0) is 6.42 Å². The number of hydrogen-bond acceptors (Lipinski definition) is 6. The van der Waals surface area contributed by atoms with Crippen LogP contribution in [0.25, 0.3) is 0 Å². The average molecular weight is 218 g/mol. The van der Waals surface area contributed by atoms with E-state index >= 15 is 0 Å². The first-order chi connectivity index (χ1) is 7.24. The van der Waals surface area contributed by atoms with Crippen LogP contribution < -0.4 is 33.2 Å². The van der Waals surface area contributed by atoms with Gasteiger partial charge in [-0.25, -0.2) is 0 Å². The number of rotatable bonds is 10. The van der Waals surface area contributed by atoms with Gasteiger partial charge in [0, 0.05) is 39.3 Å². The zero-order valence-corrected chi connectivity index (χ0v) is 9.68. The summed E-state index contributed by atoms with van der Waals surface area (Å²) in [4.78, 5) is 0. The molecule has 0 saturated carbocycles. The van der Waals surface area contributed by atoms with Gasteiger partial charge < -0.3 is 17.2 Å². The quantitative estimate of drug-likeness (QED) is 0.230. The van der Waals surface area contributed by atoms with Crippen LogP contribution in [-0.4, -0.2) is 45.1 Å². The zero-order chi connectivity index (χ0) is 11.6. The normalized spacial score (nSPS) is 12.0. The van der Waals surface area contributed by atoms with E-state index in [9.17, 15) is 0 Å². The van der Waals surface area contributed by atoms with Gasteiger partial charge in [0.15, 0.2) is 0 Å². The minimum Gasteiger partial charge on any atom is -0.329 e. The van der Waals surface area contributed by atoms with Crippen molar-refractivity contribution in [3.8, 4) is 0 Å². The number of nitrogens with two attached hydrogens (primary N) is 3. The second-order valence-electron chi connectivity index (χ2n) is 3.41. The highest BCUT2D eigenvalue weighted by atomic mass is 15.4. The Bertz CT molecular complexity index is 119. The topological polar surface area (TPSA) is 114 Å². The monoisotopic (exact) mass is 218 g/mol. The average Bonchev–Trinajstić information content (AvgIpc) is 2.29. The van der Waals surface area contributed by atoms with Gasteiger partial charge in [0.1, 0.15) is 5.79 Å². The molecule has 15 heavy (non-hydrogen) atoms. The molecule has 0 rings (SSSR count). The van der Waals surface area contributed by atoms with E-state index in [2.05, 4.69) is 22.9 Å². The number of hydrogen-bond donors (Lipinski definition) is 6. The SMILES string of the molecule is CCC(NCCN)(NCCN)NCCN. The Morgan fingerprint density at radius 2 is 1.13 bits per heavy atom. The maximum atomic E-state index is 5.48. The van der Waals surface area contributed by atoms with E-state index in [1.807, 2.05) is 0 Å². The molecule has 0 heterocycles. The van der Waals surface area contributed by atoms with E-state index in [1.165, 1.54) is 0 Å². The zero-order valence-electron chi connectivity index (χ0n) is 9.68. The summed E-state index contributed by atoms with van der Waals surface area (Å²) in [5.41, 5.74) is 16.4. The fourth-order valence-electron chi connectivity index (χ4n) is 1.42. The summed E-state index contributed by atoms with van der Waals surface area (Å²) in [6.45, 7) is 6.18. The molecule has 0 atom stereocenters. The van der Waals surface area contributed by atoms with Gasteiger partial charge >= 0.3 is 0 Å². The molecule has 6 nitrogen and oxygen atoms in total. The van der Waals surface area contributed by atoms with Gasteiger partial charge in [0.25, 0.3) is 0 Å². The maximum Gasteiger partial charge on any atom is 0.123 e. The van der Waals surface area contributed by atoms with E-state index in [0.717, 1.165) is 26.1 Å². The highest BCUT2D eigenvalue weighted by Crippen LogP contribution is 2.00. The van der Waals surface area contributed by atoms with Gasteiger partial charge in [-0.15, -0.1) is 0 Å². The predicted octanol–water partition coefficient (Wildman–Crippen LogP) is -2.30. The third-order valence-electron chi connectivity index (χ3n) is 2.24. The van der Waals surface area contributed by atoms with Gasteiger partial charge in [-0.2, -0.15) is 0 Å². The van der Waals surface area contributed by atoms with Gasteiger partial charge in [0.2, 0.25) is 0 Å². The van der Waals surface area contributed by atoms with E-state index in [0.29, 0.717) is 19.6 Å². The molecule has 6 heteroatoms. The predicted molar refractivity (Wildman–Crippen MR) is 64.2 cm³/mol. The highest BCUT2D eigenvalue weighted by Gasteiger charge is 2.24. The Morgan fingerprint density at radius 3 is 1.33 bits per heavy atom. The third-order valence-corrected chi connectivity index (χ3v) is 2.24. The summed E-state index contributed by atoms with van der Waals surface area (Å²) in [7, 11) is 0. The molecule has 0 aromatic heterocycles. The summed E-state index contributed by atoms with van der Waals surface area (Å²) in [6, 6.07) is 0. The van der Waals surface area contributed by atoms with Gasteiger partial charge in [-0.3, -0.25) is 16.0 Å². The molecule has 0 spiro atoms. The Kier molecular flexibility index (Phi) is 8.88. The first-order valence-corrected chi connectivity index (χ1v) is 5.60. The summed E-state index contributed by atoms with van der Waals surface area (Å²) < 4.78 is 0. The molecule has 0 fully saturated rings. The summed E-state index contributed by atoms with van der Waals surface area (Å²) >= 11 is 0. The van der Waals surface area contributed by atoms with E-state index in [-0.39, 0.29) is 5.79 Å². The Balaban J connectivity index is 4.16. The second kappa shape index (κ2) is 9.02. The lowest BCUT2D eigenvalue weighted by atomic mass is 10.2. The van der Waals surface area contributed by atoms with Gasteiger partial charge in [-0.1, -0.05) is 6.92 Å². The summed E-state index contributed by atoms with van der Waals surface area (Å²) in [5, 5.41) is 10.0. The van der Waals surface area contributed by atoms with Crippen LogP contribution in [0.5, 0.6) is 0 Å². The van der Waals surface area contributed by atoms with Crippen LogP contribution in [0.1, 0.15) is 13.3 Å². The molecule has 0 aromatic carbocycles. The molecule has 9 N–H and O–H groups in total. The van der Waals surface area contributed by atoms with Crippen molar-refractivity contribution in [3.63, 3.8) is 0 Å². The van der Waals surface area contributed by atoms with Crippen LogP contribution in [0.3, 0.4) is 0 Å². The van der Waals surface area contributed by atoms with Crippen molar-refractivity contribution >= 4 is 0 Å². The first-order valence-electron chi connectivity index (χ1n) is 5.60. The maximum absolute atomic E-state index is 5.48. The highest BCUT2D eigenvalue weighted by molar-refractivity contribution is 4.81. The molecule has 0 saturated heterocycles. The lowest BCUT2D eigenvalue weighted by Crippen LogP contribution is -2.68. The lowest BCUT2D eigenvalue weighted by Gasteiger charge is -2.36. The van der Waals surface area contributed by atoms with Crippen LogP contribution in [-0.2, 0) is 0 Å². The molecule has 0 unspecified atom stereocenters. The molecule has 0 aliphatic rings. The van der Waals surface area contributed by atoms with Crippen molar-refractivity contribution in [3.05, 3.63) is 0 Å². The minimum atomic E-state index is -0.294. The molecule has 0 bridgehead atoms. The van der Waals surface area contributed by atoms with E-state index < -0.39 is 0 Å². The first kappa shape index (κ1) is 14.8. The Labute approximate surface area is 92.3 Å². The van der Waals surface area contributed by atoms with Crippen LogP contribution in [0.2, 0.25) is 0 Å². The van der Waals surface area contributed by atoms with Crippen molar-refractivity contribution in [1.29, 1.82) is 0 Å². The molecule has 0 amide bonds. The molecule has 92 valence electrons. The van der Waals surface area contributed by atoms with Crippen molar-refractivity contribution in [1.82, 2.24) is 16.0 Å². The van der Waals surface area contributed by atoms with Crippen molar-refractivity contribution < 1.29 is 0 Å². The van der Waals surface area contributed by atoms with E-state index in [4.69, 9.17) is 17.2 Å². The molecular formula is C9H26N6. The smallest absolute Gasteiger partial charge is 0.123 e. The second-order valence-corrected chi connectivity index (χ2v) is 3.41. The van der Waals surface area contributed by atoms with Crippen molar-refractivity contribution in [2.45, 2.75) is 19.1 Å². The van der Waals surface area contributed by atoms with Crippen LogP contribution in [0.4, 0.5) is 0 Å². The fourth-order valence-corrected chi connectivity index (χ4v) is 1.42. The summed E-state index contributed by atoms with van der Waals surface area (Å²) in [5.74, 6) is -0.294. The number of nitrogens with one attached hydrogen (secondary N) is 3. The van der Waals surface area contributed by atoms with Gasteiger partial charge in [0.05, 0.1) is 0 Å².